The third-order valence-electron chi connectivity index (χ3n) is 3.44. The first kappa shape index (κ1) is 17.4. The Bertz CT molecular complexity index is 724. The predicted molar refractivity (Wildman–Crippen MR) is 89.9 cm³/mol. The molecular formula is C17H19FN2O4. The second-order valence-electron chi connectivity index (χ2n) is 4.91. The van der Waals surface area contributed by atoms with E-state index >= 15 is 0 Å². The first-order valence-corrected chi connectivity index (χ1v) is 7.13. The van der Waals surface area contributed by atoms with Gasteiger partial charge in [-0.3, -0.25) is 0 Å². The Morgan fingerprint density at radius 3 is 2.17 bits per heavy atom. The molecule has 2 rings (SSSR count). The van der Waals surface area contributed by atoms with E-state index in [4.69, 9.17) is 14.2 Å². The molecule has 0 saturated heterocycles. The standard InChI is InChI=1S/C17H19FN2O4/c1-10-12(18)6-5-7-13(10)20-17(21)19-11-8-14(22-2)16(24-4)15(9-11)23-3/h5-9H,1-4H3,(H2,19,20,21). The summed E-state index contributed by atoms with van der Waals surface area (Å²) in [6.45, 7) is 1.59. The molecule has 0 aliphatic heterocycles. The van der Waals surface area contributed by atoms with E-state index in [-0.39, 0.29) is 5.82 Å². The normalized spacial score (nSPS) is 10.0. The lowest BCUT2D eigenvalue weighted by atomic mass is 10.2. The number of urea groups is 1. The maximum Gasteiger partial charge on any atom is 0.323 e. The minimum Gasteiger partial charge on any atom is -0.493 e. The fraction of sp³-hybridized carbons (Fsp3) is 0.235. The third-order valence-corrected chi connectivity index (χ3v) is 3.44. The van der Waals surface area contributed by atoms with E-state index in [0.29, 0.717) is 34.2 Å². The van der Waals surface area contributed by atoms with Crippen molar-refractivity contribution in [3.05, 3.63) is 41.7 Å². The predicted octanol–water partition coefficient (Wildman–Crippen LogP) is 3.80. The van der Waals surface area contributed by atoms with Gasteiger partial charge in [0.25, 0.3) is 0 Å². The molecule has 0 bridgehead atoms. The smallest absolute Gasteiger partial charge is 0.323 e. The molecule has 0 aliphatic carbocycles. The van der Waals surface area contributed by atoms with Crippen LogP contribution >= 0.6 is 0 Å². The van der Waals surface area contributed by atoms with Gasteiger partial charge in [-0.15, -0.1) is 0 Å². The molecule has 2 aromatic rings. The summed E-state index contributed by atoms with van der Waals surface area (Å²) in [4.78, 5) is 12.1. The molecule has 0 spiro atoms. The largest absolute Gasteiger partial charge is 0.493 e. The van der Waals surface area contributed by atoms with Gasteiger partial charge in [0.2, 0.25) is 5.75 Å². The van der Waals surface area contributed by atoms with Crippen LogP contribution in [0.15, 0.2) is 30.3 Å². The van der Waals surface area contributed by atoms with E-state index in [0.717, 1.165) is 0 Å². The van der Waals surface area contributed by atoms with Gasteiger partial charge < -0.3 is 24.8 Å². The van der Waals surface area contributed by atoms with E-state index < -0.39 is 6.03 Å². The van der Waals surface area contributed by atoms with Gasteiger partial charge in [0.15, 0.2) is 11.5 Å². The van der Waals surface area contributed by atoms with Crippen molar-refractivity contribution in [2.24, 2.45) is 0 Å². The van der Waals surface area contributed by atoms with Gasteiger partial charge >= 0.3 is 6.03 Å². The van der Waals surface area contributed by atoms with Crippen molar-refractivity contribution in [1.82, 2.24) is 0 Å². The molecule has 6 nitrogen and oxygen atoms in total. The van der Waals surface area contributed by atoms with Gasteiger partial charge in [-0.1, -0.05) is 6.07 Å². The number of carbonyl (C=O) groups is 1. The minimum absolute atomic E-state index is 0.359. The fourth-order valence-corrected chi connectivity index (χ4v) is 2.18. The first-order chi connectivity index (χ1) is 11.5. The number of ether oxygens (including phenoxy) is 3. The number of nitrogens with one attached hydrogen (secondary N) is 2. The number of amides is 2. The van der Waals surface area contributed by atoms with E-state index in [1.165, 1.54) is 33.5 Å². The molecule has 0 fully saturated rings. The van der Waals surface area contributed by atoms with E-state index in [2.05, 4.69) is 10.6 Å². The van der Waals surface area contributed by atoms with Crippen LogP contribution in [0.4, 0.5) is 20.6 Å². The molecule has 128 valence electrons. The Labute approximate surface area is 139 Å². The average Bonchev–Trinajstić information content (AvgIpc) is 2.57. The molecule has 0 aliphatic rings. The monoisotopic (exact) mass is 334 g/mol. The van der Waals surface area contributed by atoms with Crippen molar-refractivity contribution in [1.29, 1.82) is 0 Å². The highest BCUT2D eigenvalue weighted by Crippen LogP contribution is 2.39. The van der Waals surface area contributed by atoms with Crippen LogP contribution in [-0.2, 0) is 0 Å². The van der Waals surface area contributed by atoms with Gasteiger partial charge in [0, 0.05) is 23.4 Å². The topological polar surface area (TPSA) is 68.8 Å². The molecule has 0 atom stereocenters. The van der Waals surface area contributed by atoms with Crippen LogP contribution in [0.1, 0.15) is 5.56 Å². The second kappa shape index (κ2) is 7.54. The number of carbonyl (C=O) groups excluding carboxylic acids is 1. The lowest BCUT2D eigenvalue weighted by Gasteiger charge is -2.15. The molecule has 2 N–H and O–H groups in total. The highest BCUT2D eigenvalue weighted by Gasteiger charge is 2.15. The zero-order valence-corrected chi connectivity index (χ0v) is 13.9. The number of rotatable bonds is 5. The summed E-state index contributed by atoms with van der Waals surface area (Å²) in [5.74, 6) is 0.857. The summed E-state index contributed by atoms with van der Waals surface area (Å²) in [7, 11) is 4.46. The van der Waals surface area contributed by atoms with Crippen LogP contribution in [0.2, 0.25) is 0 Å². The van der Waals surface area contributed by atoms with Crippen molar-refractivity contribution < 1.29 is 23.4 Å². The first-order valence-electron chi connectivity index (χ1n) is 7.13. The van der Waals surface area contributed by atoms with E-state index in [1.807, 2.05) is 0 Å². The van der Waals surface area contributed by atoms with Crippen LogP contribution in [0.25, 0.3) is 0 Å². The molecule has 0 unspecified atom stereocenters. The summed E-state index contributed by atoms with van der Waals surface area (Å²) < 4.78 is 29.2. The van der Waals surface area contributed by atoms with Gasteiger partial charge in [0.1, 0.15) is 5.82 Å². The van der Waals surface area contributed by atoms with Crippen molar-refractivity contribution in [2.45, 2.75) is 6.92 Å². The van der Waals surface area contributed by atoms with Crippen molar-refractivity contribution in [3.8, 4) is 17.2 Å². The summed E-state index contributed by atoms with van der Waals surface area (Å²) in [5.41, 5.74) is 1.19. The van der Waals surface area contributed by atoms with Crippen molar-refractivity contribution >= 4 is 17.4 Å². The van der Waals surface area contributed by atoms with Crippen molar-refractivity contribution in [3.63, 3.8) is 0 Å². The molecule has 0 aromatic heterocycles. The number of methoxy groups -OCH3 is 3. The molecule has 0 heterocycles. The van der Waals surface area contributed by atoms with Gasteiger partial charge in [-0.05, 0) is 19.1 Å². The third kappa shape index (κ3) is 3.68. The Hall–Kier alpha value is -2.96. The number of benzene rings is 2. The molecule has 24 heavy (non-hydrogen) atoms. The highest BCUT2D eigenvalue weighted by atomic mass is 19.1. The van der Waals surface area contributed by atoms with Crippen LogP contribution in [0, 0.1) is 12.7 Å². The quantitative estimate of drug-likeness (QED) is 0.872. The molecular weight excluding hydrogens is 315 g/mol. The summed E-state index contributed by atoms with van der Waals surface area (Å²) in [5, 5.41) is 5.25. The lowest BCUT2D eigenvalue weighted by Crippen LogP contribution is -2.20. The summed E-state index contributed by atoms with van der Waals surface area (Å²) >= 11 is 0. The Balaban J connectivity index is 2.21. The summed E-state index contributed by atoms with van der Waals surface area (Å²) in [6, 6.07) is 7.15. The number of anilines is 2. The van der Waals surface area contributed by atoms with Crippen molar-refractivity contribution in [2.75, 3.05) is 32.0 Å². The molecule has 0 saturated carbocycles. The van der Waals surface area contributed by atoms with Gasteiger partial charge in [0.05, 0.1) is 27.0 Å². The molecule has 2 amide bonds. The average molecular weight is 334 g/mol. The van der Waals surface area contributed by atoms with Crippen LogP contribution in [0.3, 0.4) is 0 Å². The SMILES string of the molecule is COc1cc(NC(=O)Nc2cccc(F)c2C)cc(OC)c1OC. The van der Waals surface area contributed by atoms with Crippen LogP contribution in [0.5, 0.6) is 17.2 Å². The van der Waals surface area contributed by atoms with E-state index in [9.17, 15) is 9.18 Å². The highest BCUT2D eigenvalue weighted by molar-refractivity contribution is 6.00. The van der Waals surface area contributed by atoms with Crippen LogP contribution in [-0.4, -0.2) is 27.4 Å². The van der Waals surface area contributed by atoms with Gasteiger partial charge in [-0.25, -0.2) is 9.18 Å². The molecule has 7 heteroatoms. The second-order valence-corrected chi connectivity index (χ2v) is 4.91. The maximum absolute atomic E-state index is 13.5. The Morgan fingerprint density at radius 2 is 1.62 bits per heavy atom. The number of hydrogen-bond donors (Lipinski definition) is 2. The zero-order chi connectivity index (χ0) is 17.7. The lowest BCUT2D eigenvalue weighted by molar-refractivity contribution is 0.262. The molecule has 0 radical (unpaired) electrons. The van der Waals surface area contributed by atoms with Gasteiger partial charge in [-0.2, -0.15) is 0 Å². The number of halogens is 1. The fourth-order valence-electron chi connectivity index (χ4n) is 2.18. The number of hydrogen-bond acceptors (Lipinski definition) is 4. The molecule has 2 aromatic carbocycles. The van der Waals surface area contributed by atoms with Crippen LogP contribution < -0.4 is 24.8 Å². The minimum atomic E-state index is -0.516. The Kier molecular flexibility index (Phi) is 5.47. The Morgan fingerprint density at radius 1 is 1.00 bits per heavy atom. The van der Waals surface area contributed by atoms with E-state index in [1.54, 1.807) is 25.1 Å². The maximum atomic E-state index is 13.5. The summed E-state index contributed by atoms with van der Waals surface area (Å²) in [6.07, 6.45) is 0. The zero-order valence-electron chi connectivity index (χ0n) is 13.9.